The van der Waals surface area contributed by atoms with Crippen LogP contribution < -0.4 is 31.6 Å². The van der Waals surface area contributed by atoms with E-state index in [0.29, 0.717) is 159 Å². The Bertz CT molecular complexity index is 4070. The number of amides is 3. The molecule has 7 aromatic rings. The first-order valence-corrected chi connectivity index (χ1v) is 35.9. The number of anilines is 1. The lowest BCUT2D eigenvalue weighted by Crippen LogP contribution is -2.47. The number of carbonyl (C=O) groups is 5. The summed E-state index contributed by atoms with van der Waals surface area (Å²) in [5.41, 5.74) is 12.6. The number of aryl methyl sites for hydroxylation is 1. The number of methoxy groups -OCH3 is 1. The van der Waals surface area contributed by atoms with Crippen LogP contribution in [-0.4, -0.2) is 196 Å². The molecule has 5 aromatic carbocycles. The van der Waals surface area contributed by atoms with Crippen LogP contribution in [0.3, 0.4) is 0 Å². The van der Waals surface area contributed by atoms with Gasteiger partial charge in [0, 0.05) is 40.2 Å². The maximum Gasteiger partial charge on any atom is 0.510 e. The molecule has 0 bridgehead atoms. The van der Waals surface area contributed by atoms with Gasteiger partial charge in [0.1, 0.15) is 44.0 Å². The number of nitrogens with one attached hydrogen (secondary N) is 4. The number of benzene rings is 5. The molecule has 29 heteroatoms. The summed E-state index contributed by atoms with van der Waals surface area (Å²) in [6.45, 7) is 9.38. The van der Waals surface area contributed by atoms with Crippen molar-refractivity contribution in [2.75, 3.05) is 151 Å². The van der Waals surface area contributed by atoms with Crippen molar-refractivity contribution in [2.45, 2.75) is 82.9 Å². The standard InChI is InChI=1S/C78H95N9O20/c1-4-62-63-48-60(88)25-28-67(63)85-72-64(62)50-87-69(72)49-66-65(74(87)92)52-105-75(93)77(66,5-2)107-76(94)106-51-55-19-23-59(24-20-55)83-73(91)68(18-12-13-29-81-78(56-14-8-6-9-15-56,57-16-10-7-11-17-57)58-21-26-61(95-3)27-22-58)84-71(90)54-104-53-70(89)80-30-32-96-34-36-98-38-40-100-42-44-102-46-47-103-45-43-101-41-39-99-37-35-97-33-31-82-86-79/h6-11,14-17,19-28,48-49,68,81,88H,4-5,12-13,18,29-47,50-54H2,1-3H3,(H,80,89)(H,83,91)(H,84,90)/t68-,77-/m0/s1. The SMILES string of the molecule is CCc1c2c(nc3ccc(O)cc13)-c1cc3c(c(=O)n1C2)COC(=O)[C@@]3(CC)OC(=O)OCc1ccc(NC(=O)[C@H](CCCCNC(c2ccccc2)(c2ccccc2)c2ccc(OC)cc2)NC(=O)COCC(=O)NCCOCCOCCOCCOCCOCCOCCOCCOCCN=[N+]=[N-])cc1. The number of hydrogen-bond donors (Lipinski definition) is 5. The number of aromatic hydroxyl groups is 1. The second kappa shape index (κ2) is 43.1. The molecule has 0 fully saturated rings. The lowest BCUT2D eigenvalue weighted by molar-refractivity contribution is -0.175. The molecule has 0 saturated carbocycles. The summed E-state index contributed by atoms with van der Waals surface area (Å²) >= 11 is 0. The summed E-state index contributed by atoms with van der Waals surface area (Å²) in [6.07, 6.45) is 0.593. The third-order valence-corrected chi connectivity index (χ3v) is 17.9. The van der Waals surface area contributed by atoms with Crippen molar-refractivity contribution in [1.29, 1.82) is 0 Å². The molecule has 29 nitrogen and oxygen atoms in total. The highest BCUT2D eigenvalue weighted by Crippen LogP contribution is 2.43. The average Bonchev–Trinajstić information content (AvgIpc) is 1.63. The largest absolute Gasteiger partial charge is 0.510 e. The number of phenolic OH excluding ortho intramolecular Hbond substituents is 1. The van der Waals surface area contributed by atoms with Gasteiger partial charge in [-0.1, -0.05) is 104 Å². The Hall–Kier alpha value is -9.88. The van der Waals surface area contributed by atoms with Crippen molar-refractivity contribution >= 4 is 46.4 Å². The van der Waals surface area contributed by atoms with Gasteiger partial charge in [-0.05, 0) is 121 Å². The van der Waals surface area contributed by atoms with Gasteiger partial charge < -0.3 is 87.2 Å². The van der Waals surface area contributed by atoms with Gasteiger partial charge in [0.25, 0.3) is 5.56 Å². The maximum atomic E-state index is 14.3. The minimum Gasteiger partial charge on any atom is -0.508 e. The van der Waals surface area contributed by atoms with Crippen LogP contribution in [0.25, 0.3) is 32.7 Å². The molecule has 5 N–H and O–H groups in total. The number of carbonyl (C=O) groups excluding carboxylic acids is 5. The first kappa shape index (κ1) is 81.2. The second-order valence-corrected chi connectivity index (χ2v) is 24.8. The first-order valence-electron chi connectivity index (χ1n) is 35.9. The number of ether oxygens (including phenoxy) is 13. The zero-order chi connectivity index (χ0) is 75.5. The predicted octanol–water partition coefficient (Wildman–Crippen LogP) is 8.47. The molecule has 0 spiro atoms. The molecule has 107 heavy (non-hydrogen) atoms. The van der Waals surface area contributed by atoms with Crippen LogP contribution in [0.4, 0.5) is 10.5 Å². The van der Waals surface area contributed by atoms with Gasteiger partial charge in [0.15, 0.2) is 0 Å². The number of pyridine rings is 2. The highest BCUT2D eigenvalue weighted by Gasteiger charge is 2.51. The van der Waals surface area contributed by atoms with E-state index in [4.69, 9.17) is 72.1 Å². The summed E-state index contributed by atoms with van der Waals surface area (Å²) in [5, 5.41) is 26.8. The smallest absolute Gasteiger partial charge is 0.508 e. The van der Waals surface area contributed by atoms with E-state index in [0.717, 1.165) is 33.2 Å². The Balaban J connectivity index is 0.718. The molecule has 4 heterocycles. The van der Waals surface area contributed by atoms with Crippen LogP contribution in [0.2, 0.25) is 0 Å². The van der Waals surface area contributed by atoms with Crippen molar-refractivity contribution in [3.63, 3.8) is 0 Å². The maximum absolute atomic E-state index is 14.3. The van der Waals surface area contributed by atoms with Crippen molar-refractivity contribution in [2.24, 2.45) is 5.11 Å². The zero-order valence-electron chi connectivity index (χ0n) is 60.7. The van der Waals surface area contributed by atoms with E-state index in [1.807, 2.05) is 67.6 Å². The molecule has 0 aliphatic carbocycles. The quantitative estimate of drug-likeness (QED) is 0.00595. The number of unbranched alkanes of at least 4 members (excludes halogenated alkanes) is 1. The van der Waals surface area contributed by atoms with E-state index in [1.54, 1.807) is 67.1 Å². The second-order valence-electron chi connectivity index (χ2n) is 24.8. The summed E-state index contributed by atoms with van der Waals surface area (Å²) < 4.78 is 73.5. The van der Waals surface area contributed by atoms with Crippen molar-refractivity contribution in [3.8, 4) is 22.9 Å². The Labute approximate surface area is 620 Å². The minimum absolute atomic E-state index is 0.0899. The minimum atomic E-state index is -2.03. The van der Waals surface area contributed by atoms with Crippen LogP contribution in [-0.2, 0) is 113 Å². The van der Waals surface area contributed by atoms with E-state index < -0.39 is 65.8 Å². The number of aromatic nitrogens is 2. The average molecular weight is 1480 g/mol. The molecule has 2 aliphatic rings. The fourth-order valence-electron chi connectivity index (χ4n) is 12.6. The fourth-order valence-corrected chi connectivity index (χ4v) is 12.6. The molecule has 572 valence electrons. The van der Waals surface area contributed by atoms with E-state index in [9.17, 15) is 33.9 Å². The summed E-state index contributed by atoms with van der Waals surface area (Å²) in [4.78, 5) is 90.0. The number of phenols is 1. The third-order valence-electron chi connectivity index (χ3n) is 17.9. The molecule has 0 radical (unpaired) electrons. The topological polar surface area (TPSA) is 357 Å². The number of nitrogens with zero attached hydrogens (tertiary/aromatic N) is 5. The molecule has 0 unspecified atom stereocenters. The molecule has 2 aromatic heterocycles. The molecule has 0 saturated heterocycles. The first-order chi connectivity index (χ1) is 52.3. The van der Waals surface area contributed by atoms with Gasteiger partial charge in [-0.25, -0.2) is 14.6 Å². The van der Waals surface area contributed by atoms with Crippen LogP contribution in [0, 0.1) is 0 Å². The predicted molar refractivity (Wildman–Crippen MR) is 394 cm³/mol. The van der Waals surface area contributed by atoms with Gasteiger partial charge in [-0.2, -0.15) is 0 Å². The van der Waals surface area contributed by atoms with Crippen LogP contribution in [0.1, 0.15) is 84.0 Å². The van der Waals surface area contributed by atoms with Crippen LogP contribution >= 0.6 is 0 Å². The molecule has 2 aliphatic heterocycles. The van der Waals surface area contributed by atoms with Crippen molar-refractivity contribution in [1.82, 2.24) is 25.5 Å². The van der Waals surface area contributed by atoms with Gasteiger partial charge in [-0.3, -0.25) is 24.5 Å². The van der Waals surface area contributed by atoms with Crippen molar-refractivity contribution < 1.29 is 90.7 Å². The number of fused-ring (bicyclic) bond motifs is 5. The van der Waals surface area contributed by atoms with Crippen LogP contribution in [0.5, 0.6) is 11.5 Å². The fraction of sp³-hybridized carbons (Fsp3) is 0.449. The Morgan fingerprint density at radius 1 is 0.673 bits per heavy atom. The van der Waals surface area contributed by atoms with Gasteiger partial charge in [0.05, 0.1) is 147 Å². The molecule has 9 rings (SSSR count). The molecular weight excluding hydrogens is 1380 g/mol. The lowest BCUT2D eigenvalue weighted by atomic mass is 9.77. The molecule has 2 atom stereocenters. The van der Waals surface area contributed by atoms with E-state index in [2.05, 4.69) is 55.6 Å². The number of hydrogen-bond acceptors (Lipinski definition) is 23. The number of cyclic esters (lactones) is 1. The third kappa shape index (κ3) is 23.1. The zero-order valence-corrected chi connectivity index (χ0v) is 60.7. The summed E-state index contributed by atoms with van der Waals surface area (Å²) in [6, 6.07) is 40.2. The van der Waals surface area contributed by atoms with E-state index >= 15 is 0 Å². The Morgan fingerprint density at radius 2 is 1.25 bits per heavy atom. The highest BCUT2D eigenvalue weighted by atomic mass is 16.7. The van der Waals surface area contributed by atoms with Crippen molar-refractivity contribution in [3.05, 3.63) is 199 Å². The Kier molecular flexibility index (Phi) is 32.7. The summed E-state index contributed by atoms with van der Waals surface area (Å²) in [7, 11) is 1.63. The number of rotatable bonds is 49. The number of esters is 1. The van der Waals surface area contributed by atoms with Gasteiger partial charge in [-0.15, -0.1) is 0 Å². The van der Waals surface area contributed by atoms with Gasteiger partial charge in [0.2, 0.25) is 23.3 Å². The lowest BCUT2D eigenvalue weighted by Gasteiger charge is -2.37. The highest BCUT2D eigenvalue weighted by molar-refractivity contribution is 5.97. The molecule has 3 amide bonds. The molecular formula is C78H95N9O20. The number of azide groups is 1. The Morgan fingerprint density at radius 3 is 1.83 bits per heavy atom. The monoisotopic (exact) mass is 1480 g/mol. The summed E-state index contributed by atoms with van der Waals surface area (Å²) in [5.74, 6) is -1.68. The van der Waals surface area contributed by atoms with E-state index in [-0.39, 0.29) is 69.2 Å². The van der Waals surface area contributed by atoms with Crippen LogP contribution in [0.15, 0.2) is 143 Å². The normalized spacial score (nSPS) is 13.9. The van der Waals surface area contributed by atoms with Gasteiger partial charge >= 0.3 is 12.1 Å². The van der Waals surface area contributed by atoms with E-state index in [1.165, 1.54) is 0 Å².